The number of fused-ring (bicyclic) bond motifs is 2. The fourth-order valence-corrected chi connectivity index (χ4v) is 4.27. The van der Waals surface area contributed by atoms with Crippen molar-refractivity contribution in [1.82, 2.24) is 9.97 Å². The number of aromatic nitrogens is 2. The largest absolute Gasteiger partial charge is 0.436 e. The van der Waals surface area contributed by atoms with E-state index in [4.69, 9.17) is 32.0 Å². The molecule has 2 heterocycles. The Labute approximate surface area is 199 Å². The number of rotatable bonds is 4. The second-order valence-corrected chi connectivity index (χ2v) is 8.71. The van der Waals surface area contributed by atoms with E-state index in [0.29, 0.717) is 21.8 Å². The van der Waals surface area contributed by atoms with Gasteiger partial charge in [0, 0.05) is 21.2 Å². The molecule has 4 nitrogen and oxygen atoms in total. The first kappa shape index (κ1) is 20.0. The second-order valence-electron chi connectivity index (χ2n) is 7.84. The van der Waals surface area contributed by atoms with Crippen molar-refractivity contribution in [3.8, 4) is 22.9 Å². The lowest BCUT2D eigenvalue weighted by molar-refractivity contribution is 0.619. The van der Waals surface area contributed by atoms with E-state index < -0.39 is 0 Å². The fraction of sp³-hybridized carbons (Fsp3) is 0.0370. The summed E-state index contributed by atoms with van der Waals surface area (Å²) in [6.45, 7) is 0. The number of benzene rings is 4. The third kappa shape index (κ3) is 3.99. The van der Waals surface area contributed by atoms with Gasteiger partial charge < -0.3 is 8.83 Å². The minimum absolute atomic E-state index is 0.558. The summed E-state index contributed by atoms with van der Waals surface area (Å²) in [5, 5.41) is 1.30. The van der Waals surface area contributed by atoms with Crippen molar-refractivity contribution in [1.29, 1.82) is 0 Å². The predicted molar refractivity (Wildman–Crippen MR) is 132 cm³/mol. The van der Waals surface area contributed by atoms with E-state index in [2.05, 4.69) is 34.2 Å². The fourth-order valence-electron chi connectivity index (χ4n) is 3.89. The first-order chi connectivity index (χ1) is 16.1. The van der Waals surface area contributed by atoms with Crippen molar-refractivity contribution in [2.45, 2.75) is 6.42 Å². The normalized spacial score (nSPS) is 11.5. The molecule has 33 heavy (non-hydrogen) atoms. The van der Waals surface area contributed by atoms with E-state index in [1.165, 1.54) is 0 Å². The van der Waals surface area contributed by atoms with Crippen molar-refractivity contribution < 1.29 is 8.83 Å². The maximum Gasteiger partial charge on any atom is 0.227 e. The van der Waals surface area contributed by atoms with Gasteiger partial charge in [0.25, 0.3) is 0 Å². The first-order valence-corrected chi connectivity index (χ1v) is 11.2. The van der Waals surface area contributed by atoms with E-state index in [-0.39, 0.29) is 0 Å². The highest BCUT2D eigenvalue weighted by atomic mass is 35.5. The molecule has 6 aromatic rings. The zero-order chi connectivity index (χ0) is 22.4. The molecule has 0 aliphatic heterocycles. The summed E-state index contributed by atoms with van der Waals surface area (Å²) >= 11 is 12.2. The molecule has 6 heteroatoms. The Morgan fingerprint density at radius 2 is 1.06 bits per heavy atom. The highest BCUT2D eigenvalue weighted by molar-refractivity contribution is 6.31. The molecule has 0 aliphatic carbocycles. The molecule has 0 atom stereocenters. The van der Waals surface area contributed by atoms with Crippen LogP contribution in [0, 0.1) is 0 Å². The Hall–Kier alpha value is -3.60. The Morgan fingerprint density at radius 1 is 0.576 bits per heavy atom. The van der Waals surface area contributed by atoms with Gasteiger partial charge in [0.15, 0.2) is 11.2 Å². The van der Waals surface area contributed by atoms with Crippen molar-refractivity contribution in [2.24, 2.45) is 0 Å². The van der Waals surface area contributed by atoms with Gasteiger partial charge >= 0.3 is 0 Å². The van der Waals surface area contributed by atoms with E-state index in [0.717, 1.165) is 50.9 Å². The zero-order valence-electron chi connectivity index (χ0n) is 17.3. The molecule has 4 aromatic carbocycles. The number of halogens is 2. The third-order valence-electron chi connectivity index (χ3n) is 5.46. The summed E-state index contributed by atoms with van der Waals surface area (Å²) in [4.78, 5) is 9.31. The minimum Gasteiger partial charge on any atom is -0.436 e. The van der Waals surface area contributed by atoms with Crippen LogP contribution in [0.4, 0.5) is 0 Å². The maximum absolute atomic E-state index is 6.11. The van der Waals surface area contributed by atoms with Gasteiger partial charge in [-0.2, -0.15) is 0 Å². The van der Waals surface area contributed by atoms with Crippen LogP contribution in [0.1, 0.15) is 11.1 Å². The van der Waals surface area contributed by atoms with E-state index in [1.54, 1.807) is 0 Å². The number of hydrogen-bond donors (Lipinski definition) is 0. The van der Waals surface area contributed by atoms with Crippen LogP contribution in [0.25, 0.3) is 45.1 Å². The minimum atomic E-state index is 0.558. The average molecular weight is 471 g/mol. The molecule has 160 valence electrons. The van der Waals surface area contributed by atoms with Crippen molar-refractivity contribution in [2.75, 3.05) is 0 Å². The molecule has 0 unspecified atom stereocenters. The Bertz CT molecular complexity index is 1510. The lowest BCUT2D eigenvalue weighted by Crippen LogP contribution is -1.88. The lowest BCUT2D eigenvalue weighted by atomic mass is 10.0. The van der Waals surface area contributed by atoms with Crippen LogP contribution in [-0.2, 0) is 6.42 Å². The standard InChI is InChI=1S/C27H16Cl2N2O2/c28-20-5-1-3-18(14-20)26-30-22-12-16(7-9-24(22)32-26)11-17-8-10-25-23(13-17)31-27(33-25)19-4-2-6-21(29)15-19/h1-10,12-15H,11H2. The highest BCUT2D eigenvalue weighted by Crippen LogP contribution is 2.29. The summed E-state index contributed by atoms with van der Waals surface area (Å²) in [6.07, 6.45) is 0.741. The Morgan fingerprint density at radius 3 is 1.52 bits per heavy atom. The molecular formula is C27H16Cl2N2O2. The average Bonchev–Trinajstić information content (AvgIpc) is 3.43. The van der Waals surface area contributed by atoms with Gasteiger partial charge in [-0.25, -0.2) is 9.97 Å². The van der Waals surface area contributed by atoms with Crippen LogP contribution in [0.3, 0.4) is 0 Å². The van der Waals surface area contributed by atoms with E-state index in [1.807, 2.05) is 60.7 Å². The number of oxazole rings is 2. The van der Waals surface area contributed by atoms with Crippen molar-refractivity contribution in [3.63, 3.8) is 0 Å². The van der Waals surface area contributed by atoms with Gasteiger partial charge in [-0.3, -0.25) is 0 Å². The van der Waals surface area contributed by atoms with Crippen LogP contribution in [-0.4, -0.2) is 9.97 Å². The molecule has 0 amide bonds. The molecular weight excluding hydrogens is 455 g/mol. The van der Waals surface area contributed by atoms with Crippen LogP contribution in [0.2, 0.25) is 10.0 Å². The van der Waals surface area contributed by atoms with Gasteiger partial charge in [-0.05, 0) is 78.2 Å². The molecule has 0 aliphatic rings. The molecule has 0 saturated heterocycles. The molecule has 0 fully saturated rings. The zero-order valence-corrected chi connectivity index (χ0v) is 18.8. The predicted octanol–water partition coefficient (Wildman–Crippen LogP) is 8.20. The summed E-state index contributed by atoms with van der Waals surface area (Å²) in [6, 6.07) is 27.1. The van der Waals surface area contributed by atoms with Crippen LogP contribution in [0.15, 0.2) is 93.8 Å². The molecule has 0 bridgehead atoms. The molecule has 0 saturated carbocycles. The van der Waals surface area contributed by atoms with Gasteiger partial charge in [-0.15, -0.1) is 0 Å². The molecule has 0 N–H and O–H groups in total. The van der Waals surface area contributed by atoms with Gasteiger partial charge in [0.2, 0.25) is 11.8 Å². The van der Waals surface area contributed by atoms with Crippen molar-refractivity contribution in [3.05, 3.63) is 106 Å². The number of nitrogens with zero attached hydrogens (tertiary/aromatic N) is 2. The molecule has 0 radical (unpaired) electrons. The lowest BCUT2D eigenvalue weighted by Gasteiger charge is -2.01. The molecule has 0 spiro atoms. The van der Waals surface area contributed by atoms with Gasteiger partial charge in [0.05, 0.1) is 0 Å². The molecule has 2 aromatic heterocycles. The van der Waals surface area contributed by atoms with Gasteiger partial charge in [0.1, 0.15) is 11.0 Å². The van der Waals surface area contributed by atoms with Gasteiger partial charge in [-0.1, -0.05) is 47.5 Å². The topological polar surface area (TPSA) is 52.1 Å². The number of hydrogen-bond acceptors (Lipinski definition) is 4. The van der Waals surface area contributed by atoms with Crippen LogP contribution < -0.4 is 0 Å². The SMILES string of the molecule is Clc1cccc(-c2nc3cc(Cc4ccc5oc(-c6cccc(Cl)c6)nc5c4)ccc3o2)c1. The Balaban J connectivity index is 1.29. The van der Waals surface area contributed by atoms with E-state index >= 15 is 0 Å². The smallest absolute Gasteiger partial charge is 0.227 e. The van der Waals surface area contributed by atoms with E-state index in [9.17, 15) is 0 Å². The quantitative estimate of drug-likeness (QED) is 0.260. The summed E-state index contributed by atoms with van der Waals surface area (Å²) in [7, 11) is 0. The first-order valence-electron chi connectivity index (χ1n) is 10.4. The monoisotopic (exact) mass is 470 g/mol. The third-order valence-corrected chi connectivity index (χ3v) is 5.93. The Kier molecular flexibility index (Phi) is 4.90. The van der Waals surface area contributed by atoms with Crippen LogP contribution in [0.5, 0.6) is 0 Å². The van der Waals surface area contributed by atoms with Crippen molar-refractivity contribution >= 4 is 45.4 Å². The summed E-state index contributed by atoms with van der Waals surface area (Å²) < 4.78 is 11.8. The van der Waals surface area contributed by atoms with Crippen LogP contribution >= 0.6 is 23.2 Å². The molecule has 6 rings (SSSR count). The maximum atomic E-state index is 6.11. The summed E-state index contributed by atoms with van der Waals surface area (Å²) in [5.41, 5.74) is 7.08. The summed E-state index contributed by atoms with van der Waals surface area (Å²) in [5.74, 6) is 1.12. The second kappa shape index (κ2) is 8.07. The highest BCUT2D eigenvalue weighted by Gasteiger charge is 2.12.